The van der Waals surface area contributed by atoms with Crippen molar-refractivity contribution in [1.29, 1.82) is 0 Å². The van der Waals surface area contributed by atoms with Crippen LogP contribution in [0.5, 0.6) is 5.75 Å². The van der Waals surface area contributed by atoms with Crippen molar-refractivity contribution in [2.24, 2.45) is 0 Å². The monoisotopic (exact) mass is 291 g/mol. The van der Waals surface area contributed by atoms with Crippen LogP contribution in [0.15, 0.2) is 24.4 Å². The Morgan fingerprint density at radius 2 is 2.10 bits per heavy atom. The molecule has 21 heavy (non-hydrogen) atoms. The Labute approximate surface area is 121 Å². The summed E-state index contributed by atoms with van der Waals surface area (Å²) in [5, 5.41) is 9.23. The van der Waals surface area contributed by atoms with Gasteiger partial charge in [-0.15, -0.1) is 0 Å². The van der Waals surface area contributed by atoms with Crippen molar-refractivity contribution < 1.29 is 24.2 Å². The molecule has 2 rings (SSSR count). The summed E-state index contributed by atoms with van der Waals surface area (Å²) in [5.74, 6) is -0.670. The molecular formula is C15H17NO5. The van der Waals surface area contributed by atoms with E-state index in [0.717, 1.165) is 17.3 Å². The van der Waals surface area contributed by atoms with Gasteiger partial charge in [-0.2, -0.15) is 0 Å². The van der Waals surface area contributed by atoms with Gasteiger partial charge in [-0.3, -0.25) is 4.79 Å². The summed E-state index contributed by atoms with van der Waals surface area (Å²) >= 11 is 0. The molecule has 0 unspecified atom stereocenters. The minimum absolute atomic E-state index is 0.265. The van der Waals surface area contributed by atoms with Crippen LogP contribution in [0.4, 0.5) is 0 Å². The highest BCUT2D eigenvalue weighted by Gasteiger charge is 2.13. The van der Waals surface area contributed by atoms with Crippen LogP contribution in [0, 0.1) is 0 Å². The van der Waals surface area contributed by atoms with Crippen LogP contribution in [0.1, 0.15) is 23.7 Å². The Morgan fingerprint density at radius 3 is 2.81 bits per heavy atom. The van der Waals surface area contributed by atoms with E-state index in [4.69, 9.17) is 14.6 Å². The lowest BCUT2D eigenvalue weighted by atomic mass is 10.1. The number of ether oxygens (including phenoxy) is 2. The van der Waals surface area contributed by atoms with E-state index in [2.05, 4.69) is 4.98 Å². The van der Waals surface area contributed by atoms with E-state index >= 15 is 0 Å². The summed E-state index contributed by atoms with van der Waals surface area (Å²) in [6.07, 6.45) is 2.50. The maximum atomic E-state index is 12.0. The molecule has 2 N–H and O–H groups in total. The second-order valence-corrected chi connectivity index (χ2v) is 4.57. The zero-order valence-electron chi connectivity index (χ0n) is 11.7. The van der Waals surface area contributed by atoms with Crippen LogP contribution in [0.2, 0.25) is 0 Å². The molecule has 0 saturated heterocycles. The van der Waals surface area contributed by atoms with Gasteiger partial charge in [0, 0.05) is 22.7 Å². The molecule has 0 aliphatic heterocycles. The average molecular weight is 291 g/mol. The molecule has 0 atom stereocenters. The molecule has 0 aliphatic rings. The van der Waals surface area contributed by atoms with Crippen LogP contribution >= 0.6 is 0 Å². The largest absolute Gasteiger partial charge is 0.494 e. The fraction of sp³-hybridized carbons (Fsp3) is 0.333. The Balaban J connectivity index is 2.15. The van der Waals surface area contributed by atoms with Crippen LogP contribution < -0.4 is 4.74 Å². The summed E-state index contributed by atoms with van der Waals surface area (Å²) in [7, 11) is 0. The maximum absolute atomic E-state index is 12.0. The van der Waals surface area contributed by atoms with Crippen LogP contribution in [0.3, 0.4) is 0 Å². The number of H-pyrrole nitrogens is 1. The lowest BCUT2D eigenvalue weighted by Gasteiger charge is -2.05. The van der Waals surface area contributed by atoms with Gasteiger partial charge in [-0.25, -0.2) is 4.79 Å². The molecule has 0 bridgehead atoms. The Bertz CT molecular complexity index is 647. The highest BCUT2D eigenvalue weighted by molar-refractivity contribution is 6.08. The summed E-state index contributed by atoms with van der Waals surface area (Å²) in [6, 6.07) is 5.48. The zero-order valence-corrected chi connectivity index (χ0v) is 11.7. The number of benzene rings is 1. The van der Waals surface area contributed by atoms with E-state index in [9.17, 15) is 9.59 Å². The van der Waals surface area contributed by atoms with Crippen molar-refractivity contribution in [2.45, 2.75) is 13.3 Å². The van der Waals surface area contributed by atoms with Crippen molar-refractivity contribution >= 4 is 22.7 Å². The zero-order chi connectivity index (χ0) is 15.2. The number of hydrogen-bond acceptors (Lipinski definition) is 4. The number of aromatic amines is 1. The standard InChI is InChI=1S/C15H17NO5/c1-2-5-21-10-3-4-13-11(6-10)12(7-16-13)14(17)8-20-9-15(18)19/h3-4,6-7,16H,2,5,8-9H2,1H3,(H,18,19). The number of carbonyl (C=O) groups excluding carboxylic acids is 1. The van der Waals surface area contributed by atoms with Gasteiger partial charge in [0.2, 0.25) is 0 Å². The van der Waals surface area contributed by atoms with Crippen molar-refractivity contribution in [3.63, 3.8) is 0 Å². The van der Waals surface area contributed by atoms with Gasteiger partial charge in [0.15, 0.2) is 5.78 Å². The highest BCUT2D eigenvalue weighted by atomic mass is 16.5. The van der Waals surface area contributed by atoms with Gasteiger partial charge in [0.1, 0.15) is 19.0 Å². The smallest absolute Gasteiger partial charge is 0.329 e. The third-order valence-electron chi connectivity index (χ3n) is 2.89. The first-order valence-corrected chi connectivity index (χ1v) is 6.68. The first kappa shape index (κ1) is 15.1. The van der Waals surface area contributed by atoms with Gasteiger partial charge < -0.3 is 19.6 Å². The van der Waals surface area contributed by atoms with E-state index in [1.165, 1.54) is 0 Å². The summed E-state index contributed by atoms with van der Waals surface area (Å²) in [6.45, 7) is 1.88. The van der Waals surface area contributed by atoms with Crippen molar-refractivity contribution in [2.75, 3.05) is 19.8 Å². The summed E-state index contributed by atoms with van der Waals surface area (Å²) in [5.41, 5.74) is 1.29. The maximum Gasteiger partial charge on any atom is 0.329 e. The molecule has 1 heterocycles. The number of ketones is 1. The van der Waals surface area contributed by atoms with Crippen LogP contribution in [0.25, 0.3) is 10.9 Å². The molecule has 1 aromatic carbocycles. The lowest BCUT2D eigenvalue weighted by Crippen LogP contribution is -2.14. The molecule has 0 radical (unpaired) electrons. The van der Waals surface area contributed by atoms with E-state index < -0.39 is 12.6 Å². The number of carbonyl (C=O) groups is 2. The number of carboxylic acid groups (broad SMARTS) is 1. The number of rotatable bonds is 8. The molecular weight excluding hydrogens is 274 g/mol. The topological polar surface area (TPSA) is 88.6 Å². The van der Waals surface area contributed by atoms with Crippen LogP contribution in [-0.4, -0.2) is 41.7 Å². The van der Waals surface area contributed by atoms with Crippen molar-refractivity contribution in [3.8, 4) is 5.75 Å². The Hall–Kier alpha value is -2.34. The van der Waals surface area contributed by atoms with Gasteiger partial charge in [0.05, 0.1) is 6.61 Å². The molecule has 0 amide bonds. The first-order valence-electron chi connectivity index (χ1n) is 6.68. The van der Waals surface area contributed by atoms with E-state index in [-0.39, 0.29) is 12.4 Å². The minimum Gasteiger partial charge on any atom is -0.494 e. The van der Waals surface area contributed by atoms with Gasteiger partial charge >= 0.3 is 5.97 Å². The second-order valence-electron chi connectivity index (χ2n) is 4.57. The number of fused-ring (bicyclic) bond motifs is 1. The number of Topliss-reactive ketones (excluding diaryl/α,β-unsaturated/α-hetero) is 1. The predicted octanol–water partition coefficient (Wildman–Crippen LogP) is 2.24. The van der Waals surface area contributed by atoms with E-state index in [1.54, 1.807) is 12.3 Å². The summed E-state index contributed by atoms with van der Waals surface area (Å²) < 4.78 is 10.4. The van der Waals surface area contributed by atoms with Crippen molar-refractivity contribution in [1.82, 2.24) is 4.98 Å². The second kappa shape index (κ2) is 6.90. The Morgan fingerprint density at radius 1 is 1.29 bits per heavy atom. The molecule has 6 heteroatoms. The fourth-order valence-corrected chi connectivity index (χ4v) is 1.95. The third-order valence-corrected chi connectivity index (χ3v) is 2.89. The number of hydrogen-bond donors (Lipinski definition) is 2. The van der Waals surface area contributed by atoms with E-state index in [1.807, 2.05) is 19.1 Å². The molecule has 1 aromatic heterocycles. The summed E-state index contributed by atoms with van der Waals surface area (Å²) in [4.78, 5) is 25.4. The molecule has 0 aliphatic carbocycles. The normalized spacial score (nSPS) is 10.7. The number of carboxylic acids is 1. The van der Waals surface area contributed by atoms with Crippen LogP contribution in [-0.2, 0) is 9.53 Å². The Kier molecular flexibility index (Phi) is 4.94. The minimum atomic E-state index is -1.10. The quantitative estimate of drug-likeness (QED) is 0.728. The molecule has 0 fully saturated rings. The lowest BCUT2D eigenvalue weighted by molar-refractivity contribution is -0.141. The SMILES string of the molecule is CCCOc1ccc2[nH]cc(C(=O)COCC(=O)O)c2c1. The predicted molar refractivity (Wildman–Crippen MR) is 76.9 cm³/mol. The average Bonchev–Trinajstić information content (AvgIpc) is 2.87. The van der Waals surface area contributed by atoms with Crippen molar-refractivity contribution in [3.05, 3.63) is 30.0 Å². The number of aromatic nitrogens is 1. The molecule has 0 spiro atoms. The molecule has 112 valence electrons. The van der Waals surface area contributed by atoms with Gasteiger partial charge in [-0.1, -0.05) is 6.92 Å². The van der Waals surface area contributed by atoms with Gasteiger partial charge in [0.25, 0.3) is 0 Å². The number of aliphatic carboxylic acids is 1. The van der Waals surface area contributed by atoms with Gasteiger partial charge in [-0.05, 0) is 24.6 Å². The third kappa shape index (κ3) is 3.82. The molecule has 2 aromatic rings. The first-order chi connectivity index (χ1) is 10.1. The van der Waals surface area contributed by atoms with E-state index in [0.29, 0.717) is 17.9 Å². The fourth-order valence-electron chi connectivity index (χ4n) is 1.95. The highest BCUT2D eigenvalue weighted by Crippen LogP contribution is 2.24. The number of nitrogens with one attached hydrogen (secondary N) is 1. The molecule has 6 nitrogen and oxygen atoms in total. The molecule has 0 saturated carbocycles.